The van der Waals surface area contributed by atoms with Crippen LogP contribution < -0.4 is 5.43 Å². The molecule has 1 unspecified atom stereocenters. The molecule has 1 N–H and O–H groups in total. The predicted molar refractivity (Wildman–Crippen MR) is 68.0 cm³/mol. The maximum absolute atomic E-state index is 13.0. The smallest absolute Gasteiger partial charge is 0.124 e. The van der Waals surface area contributed by atoms with E-state index >= 15 is 0 Å². The summed E-state index contributed by atoms with van der Waals surface area (Å²) in [5, 5.41) is 2.14. The van der Waals surface area contributed by atoms with Gasteiger partial charge in [-0.25, -0.2) is 14.8 Å². The Bertz CT molecular complexity index is 383. The maximum Gasteiger partial charge on any atom is 0.124 e. The summed E-state index contributed by atoms with van der Waals surface area (Å²) in [5.74, 6) is -0.223. The molecule has 94 valence electrons. The average Bonchev–Trinajstić information content (AvgIpc) is 2.30. The van der Waals surface area contributed by atoms with Crippen LogP contribution in [0, 0.1) is 5.82 Å². The molecule has 0 aliphatic carbocycles. The van der Waals surface area contributed by atoms with Crippen LogP contribution in [-0.4, -0.2) is 31.3 Å². The zero-order valence-corrected chi connectivity index (χ0v) is 11.3. The van der Waals surface area contributed by atoms with Crippen molar-refractivity contribution >= 4 is 15.9 Å². The lowest BCUT2D eigenvalue weighted by atomic mass is 10.1. The van der Waals surface area contributed by atoms with Gasteiger partial charge >= 0.3 is 0 Å². The summed E-state index contributed by atoms with van der Waals surface area (Å²) in [6, 6.07) is 4.92. The fourth-order valence-electron chi connectivity index (χ4n) is 1.89. The highest BCUT2D eigenvalue weighted by atomic mass is 79.9. The van der Waals surface area contributed by atoms with Gasteiger partial charge < -0.3 is 4.74 Å². The largest absolute Gasteiger partial charge is 0.379 e. The Morgan fingerprint density at radius 2 is 2.12 bits per heavy atom. The molecular weight excluding hydrogens is 287 g/mol. The van der Waals surface area contributed by atoms with Crippen molar-refractivity contribution in [3.05, 3.63) is 34.1 Å². The SMILES string of the molecule is CC(NN1CCOCC1)c1ccc(F)cc1Br. The minimum absolute atomic E-state index is 0.142. The molecule has 1 aliphatic rings. The van der Waals surface area contributed by atoms with Crippen LogP contribution in [0.1, 0.15) is 18.5 Å². The Morgan fingerprint density at radius 3 is 2.76 bits per heavy atom. The summed E-state index contributed by atoms with van der Waals surface area (Å²) in [4.78, 5) is 0. The highest BCUT2D eigenvalue weighted by Gasteiger charge is 2.15. The van der Waals surface area contributed by atoms with Gasteiger partial charge in [0, 0.05) is 23.6 Å². The second kappa shape index (κ2) is 5.91. The van der Waals surface area contributed by atoms with Crippen molar-refractivity contribution in [2.24, 2.45) is 0 Å². The van der Waals surface area contributed by atoms with E-state index in [0.29, 0.717) is 0 Å². The Labute approximate surface area is 109 Å². The number of hydrazine groups is 1. The number of benzene rings is 1. The van der Waals surface area contributed by atoms with Gasteiger partial charge in [0.2, 0.25) is 0 Å². The topological polar surface area (TPSA) is 24.5 Å². The molecule has 2 rings (SSSR count). The molecule has 1 atom stereocenters. The minimum atomic E-state index is -0.223. The number of nitrogens with one attached hydrogen (secondary N) is 1. The van der Waals surface area contributed by atoms with Gasteiger partial charge in [-0.3, -0.25) is 0 Å². The molecule has 1 aromatic rings. The molecule has 17 heavy (non-hydrogen) atoms. The van der Waals surface area contributed by atoms with Crippen molar-refractivity contribution in [3.8, 4) is 0 Å². The van der Waals surface area contributed by atoms with Crippen LogP contribution in [0.4, 0.5) is 4.39 Å². The van der Waals surface area contributed by atoms with Crippen molar-refractivity contribution < 1.29 is 9.13 Å². The molecule has 1 fully saturated rings. The second-order valence-electron chi connectivity index (χ2n) is 4.12. The van der Waals surface area contributed by atoms with E-state index < -0.39 is 0 Å². The van der Waals surface area contributed by atoms with Crippen LogP contribution in [-0.2, 0) is 4.74 Å². The lowest BCUT2D eigenvalue weighted by Crippen LogP contribution is -2.46. The molecule has 1 aromatic carbocycles. The first kappa shape index (κ1) is 13.0. The fraction of sp³-hybridized carbons (Fsp3) is 0.500. The van der Waals surface area contributed by atoms with Gasteiger partial charge in [0.25, 0.3) is 0 Å². The van der Waals surface area contributed by atoms with E-state index in [9.17, 15) is 4.39 Å². The molecule has 1 heterocycles. The number of rotatable bonds is 3. The van der Waals surface area contributed by atoms with Crippen LogP contribution in [0.3, 0.4) is 0 Å². The Morgan fingerprint density at radius 1 is 1.41 bits per heavy atom. The lowest BCUT2D eigenvalue weighted by Gasteiger charge is -2.30. The summed E-state index contributed by atoms with van der Waals surface area (Å²) in [6.07, 6.45) is 0. The second-order valence-corrected chi connectivity index (χ2v) is 4.97. The minimum Gasteiger partial charge on any atom is -0.379 e. The van der Waals surface area contributed by atoms with Gasteiger partial charge in [-0.15, -0.1) is 0 Å². The molecule has 3 nitrogen and oxygen atoms in total. The van der Waals surface area contributed by atoms with E-state index in [1.54, 1.807) is 6.07 Å². The van der Waals surface area contributed by atoms with Gasteiger partial charge in [0.15, 0.2) is 0 Å². The van der Waals surface area contributed by atoms with Crippen molar-refractivity contribution in [2.45, 2.75) is 13.0 Å². The van der Waals surface area contributed by atoms with E-state index in [0.717, 1.165) is 36.3 Å². The van der Waals surface area contributed by atoms with Crippen LogP contribution in [0.2, 0.25) is 0 Å². The Balaban J connectivity index is 2.00. The van der Waals surface area contributed by atoms with Crippen LogP contribution in [0.5, 0.6) is 0 Å². The molecule has 5 heteroatoms. The molecule has 1 saturated heterocycles. The summed E-state index contributed by atoms with van der Waals surface area (Å²) < 4.78 is 19.1. The monoisotopic (exact) mass is 302 g/mol. The maximum atomic E-state index is 13.0. The normalized spacial score (nSPS) is 19.2. The molecular formula is C12H16BrFN2O. The molecule has 0 aromatic heterocycles. The highest BCUT2D eigenvalue weighted by molar-refractivity contribution is 9.10. The van der Waals surface area contributed by atoms with E-state index in [-0.39, 0.29) is 11.9 Å². The van der Waals surface area contributed by atoms with Crippen molar-refractivity contribution in [2.75, 3.05) is 26.3 Å². The summed E-state index contributed by atoms with van der Waals surface area (Å²) in [6.45, 7) is 5.33. The van der Waals surface area contributed by atoms with E-state index in [2.05, 4.69) is 33.3 Å². The summed E-state index contributed by atoms with van der Waals surface area (Å²) in [7, 11) is 0. The number of hydrogen-bond donors (Lipinski definition) is 1. The Kier molecular flexibility index (Phi) is 4.50. The van der Waals surface area contributed by atoms with Gasteiger partial charge in [-0.2, -0.15) is 0 Å². The van der Waals surface area contributed by atoms with Gasteiger partial charge in [0.05, 0.1) is 13.2 Å². The third-order valence-electron chi connectivity index (χ3n) is 2.82. The first-order valence-corrected chi connectivity index (χ1v) is 6.50. The molecule has 0 saturated carbocycles. The Hall–Kier alpha value is -0.490. The number of hydrogen-bond acceptors (Lipinski definition) is 3. The molecule has 0 spiro atoms. The lowest BCUT2D eigenvalue weighted by molar-refractivity contribution is 0.00479. The molecule has 0 amide bonds. The standard InChI is InChI=1S/C12H16BrFN2O/c1-9(15-16-4-6-17-7-5-16)11-3-2-10(14)8-12(11)13/h2-3,8-9,15H,4-7H2,1H3. The quantitative estimate of drug-likeness (QED) is 0.928. The first-order valence-electron chi connectivity index (χ1n) is 5.70. The number of ether oxygens (including phenoxy) is 1. The third-order valence-corrected chi connectivity index (χ3v) is 3.50. The van der Waals surface area contributed by atoms with E-state index in [1.807, 2.05) is 0 Å². The van der Waals surface area contributed by atoms with Crippen molar-refractivity contribution in [3.63, 3.8) is 0 Å². The van der Waals surface area contributed by atoms with E-state index in [4.69, 9.17) is 4.74 Å². The number of nitrogens with zero attached hydrogens (tertiary/aromatic N) is 1. The van der Waals surface area contributed by atoms with Crippen LogP contribution in [0.25, 0.3) is 0 Å². The first-order chi connectivity index (χ1) is 8.16. The summed E-state index contributed by atoms with van der Waals surface area (Å²) in [5.41, 5.74) is 4.45. The van der Waals surface area contributed by atoms with Crippen molar-refractivity contribution in [1.29, 1.82) is 0 Å². The number of morpholine rings is 1. The predicted octanol–water partition coefficient (Wildman–Crippen LogP) is 2.49. The summed E-state index contributed by atoms with van der Waals surface area (Å²) >= 11 is 3.39. The zero-order valence-electron chi connectivity index (χ0n) is 9.75. The van der Waals surface area contributed by atoms with Crippen LogP contribution in [0.15, 0.2) is 22.7 Å². The number of halogens is 2. The average molecular weight is 303 g/mol. The third kappa shape index (κ3) is 3.48. The fourth-order valence-corrected chi connectivity index (χ4v) is 2.58. The van der Waals surface area contributed by atoms with Gasteiger partial charge in [0.1, 0.15) is 5.82 Å². The van der Waals surface area contributed by atoms with Gasteiger partial charge in [-0.1, -0.05) is 22.0 Å². The van der Waals surface area contributed by atoms with Crippen molar-refractivity contribution in [1.82, 2.24) is 10.4 Å². The zero-order chi connectivity index (χ0) is 12.3. The molecule has 0 radical (unpaired) electrons. The highest BCUT2D eigenvalue weighted by Crippen LogP contribution is 2.24. The van der Waals surface area contributed by atoms with E-state index in [1.165, 1.54) is 12.1 Å². The molecule has 0 bridgehead atoms. The molecule has 1 aliphatic heterocycles. The van der Waals surface area contributed by atoms with Crippen LogP contribution >= 0.6 is 15.9 Å². The van der Waals surface area contributed by atoms with Gasteiger partial charge in [-0.05, 0) is 24.6 Å².